The van der Waals surface area contributed by atoms with Crippen LogP contribution < -0.4 is 10.6 Å². The van der Waals surface area contributed by atoms with Crippen molar-refractivity contribution >= 4 is 11.4 Å². The fourth-order valence-electron chi connectivity index (χ4n) is 1.85. The first-order valence-electron chi connectivity index (χ1n) is 6.25. The molecular formula is C14H25N3. The summed E-state index contributed by atoms with van der Waals surface area (Å²) >= 11 is 0. The predicted octanol–water partition coefficient (Wildman–Crippen LogP) is 2.29. The maximum Gasteiger partial charge on any atom is 0.0600 e. The van der Waals surface area contributed by atoms with E-state index in [1.165, 1.54) is 0 Å². The largest absolute Gasteiger partial charge is 0.397 e. The number of nitrogens with two attached hydrogens (primary N) is 1. The van der Waals surface area contributed by atoms with Gasteiger partial charge in [-0.1, -0.05) is 26.0 Å². The fraction of sp³-hybridized carbons (Fsp3) is 0.571. The molecule has 0 aromatic heterocycles. The molecule has 0 atom stereocenters. The van der Waals surface area contributed by atoms with Crippen LogP contribution in [0.5, 0.6) is 0 Å². The summed E-state index contributed by atoms with van der Waals surface area (Å²) in [5.74, 6) is 0.636. The maximum absolute atomic E-state index is 6.05. The SMILES string of the molecule is CC(C)CN(CCN(C)C)c1ccccc1N. The summed E-state index contributed by atoms with van der Waals surface area (Å²) in [5, 5.41) is 0. The molecule has 0 radical (unpaired) electrons. The van der Waals surface area contributed by atoms with E-state index < -0.39 is 0 Å². The minimum atomic E-state index is 0.636. The van der Waals surface area contributed by atoms with E-state index in [1.54, 1.807) is 0 Å². The summed E-state index contributed by atoms with van der Waals surface area (Å²) < 4.78 is 0. The van der Waals surface area contributed by atoms with Gasteiger partial charge in [-0.3, -0.25) is 0 Å². The van der Waals surface area contributed by atoms with E-state index in [0.29, 0.717) is 5.92 Å². The molecule has 0 saturated heterocycles. The maximum atomic E-state index is 6.05. The van der Waals surface area contributed by atoms with Crippen molar-refractivity contribution in [1.82, 2.24) is 4.90 Å². The normalized spacial score (nSPS) is 11.2. The Morgan fingerprint density at radius 3 is 2.29 bits per heavy atom. The molecule has 1 rings (SSSR count). The molecule has 0 aliphatic rings. The predicted molar refractivity (Wildman–Crippen MR) is 76.5 cm³/mol. The van der Waals surface area contributed by atoms with Crippen molar-refractivity contribution in [1.29, 1.82) is 0 Å². The Bertz CT molecular complexity index is 334. The zero-order chi connectivity index (χ0) is 12.8. The first-order valence-corrected chi connectivity index (χ1v) is 6.25. The number of hydrogen-bond acceptors (Lipinski definition) is 3. The average Bonchev–Trinajstić information content (AvgIpc) is 2.24. The summed E-state index contributed by atoms with van der Waals surface area (Å²) in [7, 11) is 4.20. The van der Waals surface area contributed by atoms with Gasteiger partial charge in [0.1, 0.15) is 0 Å². The topological polar surface area (TPSA) is 32.5 Å². The van der Waals surface area contributed by atoms with Gasteiger partial charge in [0, 0.05) is 19.6 Å². The average molecular weight is 235 g/mol. The van der Waals surface area contributed by atoms with Crippen LogP contribution in [-0.4, -0.2) is 38.6 Å². The lowest BCUT2D eigenvalue weighted by atomic mass is 10.1. The van der Waals surface area contributed by atoms with E-state index in [4.69, 9.17) is 5.73 Å². The van der Waals surface area contributed by atoms with E-state index in [1.807, 2.05) is 12.1 Å². The van der Waals surface area contributed by atoms with Crippen molar-refractivity contribution in [3.8, 4) is 0 Å². The minimum Gasteiger partial charge on any atom is -0.397 e. The number of benzene rings is 1. The molecule has 0 fully saturated rings. The van der Waals surface area contributed by atoms with Gasteiger partial charge in [0.05, 0.1) is 11.4 Å². The Morgan fingerprint density at radius 2 is 1.76 bits per heavy atom. The summed E-state index contributed by atoms with van der Waals surface area (Å²) in [6, 6.07) is 8.11. The number of hydrogen-bond donors (Lipinski definition) is 1. The second-order valence-electron chi connectivity index (χ2n) is 5.20. The third kappa shape index (κ3) is 4.65. The summed E-state index contributed by atoms with van der Waals surface area (Å²) in [6.45, 7) is 7.58. The highest BCUT2D eigenvalue weighted by molar-refractivity contribution is 5.67. The quantitative estimate of drug-likeness (QED) is 0.768. The van der Waals surface area contributed by atoms with Gasteiger partial charge in [-0.05, 0) is 32.1 Å². The van der Waals surface area contributed by atoms with Gasteiger partial charge in [0.15, 0.2) is 0 Å². The third-order valence-electron chi connectivity index (χ3n) is 2.68. The first-order chi connectivity index (χ1) is 8.00. The lowest BCUT2D eigenvalue weighted by Crippen LogP contribution is -2.34. The molecule has 0 amide bonds. The van der Waals surface area contributed by atoms with Crippen LogP contribution in [0.4, 0.5) is 11.4 Å². The Balaban J connectivity index is 2.78. The van der Waals surface area contributed by atoms with E-state index >= 15 is 0 Å². The molecule has 96 valence electrons. The molecule has 0 spiro atoms. The molecule has 0 unspecified atom stereocenters. The van der Waals surface area contributed by atoms with E-state index in [0.717, 1.165) is 31.0 Å². The van der Waals surface area contributed by atoms with Gasteiger partial charge >= 0.3 is 0 Å². The molecule has 3 nitrogen and oxygen atoms in total. The number of likely N-dealkylation sites (N-methyl/N-ethyl adjacent to an activating group) is 1. The highest BCUT2D eigenvalue weighted by atomic mass is 15.2. The second-order valence-corrected chi connectivity index (χ2v) is 5.20. The van der Waals surface area contributed by atoms with Gasteiger partial charge in [-0.2, -0.15) is 0 Å². The van der Waals surface area contributed by atoms with Crippen LogP contribution in [0, 0.1) is 5.92 Å². The van der Waals surface area contributed by atoms with Crippen LogP contribution in [0.15, 0.2) is 24.3 Å². The van der Waals surface area contributed by atoms with Gasteiger partial charge in [0.25, 0.3) is 0 Å². The van der Waals surface area contributed by atoms with E-state index in [2.05, 4.69) is 49.9 Å². The van der Waals surface area contributed by atoms with Gasteiger partial charge in [0.2, 0.25) is 0 Å². The highest BCUT2D eigenvalue weighted by Gasteiger charge is 2.11. The minimum absolute atomic E-state index is 0.636. The summed E-state index contributed by atoms with van der Waals surface area (Å²) in [4.78, 5) is 4.58. The van der Waals surface area contributed by atoms with Crippen LogP contribution in [0.1, 0.15) is 13.8 Å². The van der Waals surface area contributed by atoms with Crippen molar-refractivity contribution in [3.05, 3.63) is 24.3 Å². The van der Waals surface area contributed by atoms with Crippen molar-refractivity contribution in [2.75, 3.05) is 44.4 Å². The van der Waals surface area contributed by atoms with Gasteiger partial charge in [-0.25, -0.2) is 0 Å². The van der Waals surface area contributed by atoms with Crippen molar-refractivity contribution in [3.63, 3.8) is 0 Å². The Kier molecular flexibility index (Phi) is 5.29. The second kappa shape index (κ2) is 6.50. The van der Waals surface area contributed by atoms with Crippen molar-refractivity contribution < 1.29 is 0 Å². The molecule has 0 saturated carbocycles. The standard InChI is InChI=1S/C14H25N3/c1-12(2)11-17(10-9-16(3)4)14-8-6-5-7-13(14)15/h5-8,12H,9-11,15H2,1-4H3. The van der Waals surface area contributed by atoms with Crippen LogP contribution in [0.2, 0.25) is 0 Å². The highest BCUT2D eigenvalue weighted by Crippen LogP contribution is 2.23. The smallest absolute Gasteiger partial charge is 0.0600 e. The van der Waals surface area contributed by atoms with Crippen LogP contribution >= 0.6 is 0 Å². The molecule has 2 N–H and O–H groups in total. The molecule has 0 aliphatic heterocycles. The van der Waals surface area contributed by atoms with Crippen LogP contribution in [0.3, 0.4) is 0 Å². The van der Waals surface area contributed by atoms with Crippen molar-refractivity contribution in [2.45, 2.75) is 13.8 Å². The molecule has 0 heterocycles. The lowest BCUT2D eigenvalue weighted by Gasteiger charge is -2.29. The molecule has 1 aromatic carbocycles. The first kappa shape index (κ1) is 13.8. The fourth-order valence-corrected chi connectivity index (χ4v) is 1.85. The van der Waals surface area contributed by atoms with E-state index in [9.17, 15) is 0 Å². The lowest BCUT2D eigenvalue weighted by molar-refractivity contribution is 0.409. The molecule has 1 aromatic rings. The van der Waals surface area contributed by atoms with Crippen LogP contribution in [-0.2, 0) is 0 Å². The Labute approximate surface area is 105 Å². The Morgan fingerprint density at radius 1 is 1.12 bits per heavy atom. The number of anilines is 2. The zero-order valence-electron chi connectivity index (χ0n) is 11.5. The van der Waals surface area contributed by atoms with Crippen molar-refractivity contribution in [2.24, 2.45) is 5.92 Å². The van der Waals surface area contributed by atoms with Gasteiger partial charge < -0.3 is 15.5 Å². The number of nitrogen functional groups attached to an aromatic ring is 1. The molecule has 0 aliphatic carbocycles. The number of rotatable bonds is 6. The Hall–Kier alpha value is -1.22. The van der Waals surface area contributed by atoms with E-state index in [-0.39, 0.29) is 0 Å². The molecule has 17 heavy (non-hydrogen) atoms. The monoisotopic (exact) mass is 235 g/mol. The summed E-state index contributed by atoms with van der Waals surface area (Å²) in [6.07, 6.45) is 0. The van der Waals surface area contributed by atoms with Crippen LogP contribution in [0.25, 0.3) is 0 Å². The number of para-hydroxylation sites is 2. The number of nitrogens with zero attached hydrogens (tertiary/aromatic N) is 2. The zero-order valence-corrected chi connectivity index (χ0v) is 11.5. The molecule has 3 heteroatoms. The molecular weight excluding hydrogens is 210 g/mol. The third-order valence-corrected chi connectivity index (χ3v) is 2.68. The van der Waals surface area contributed by atoms with Gasteiger partial charge in [-0.15, -0.1) is 0 Å². The summed E-state index contributed by atoms with van der Waals surface area (Å²) in [5.41, 5.74) is 8.07. The molecule has 0 bridgehead atoms.